The Morgan fingerprint density at radius 2 is 1.79 bits per heavy atom. The molecule has 0 radical (unpaired) electrons. The highest BCUT2D eigenvalue weighted by Gasteiger charge is 2.35. The average Bonchev–Trinajstić information content (AvgIpc) is 2.91. The fourth-order valence-electron chi connectivity index (χ4n) is 4.81. The number of fused-ring (bicyclic) bond motifs is 1. The number of carbonyl (C=O) groups excluding carboxylic acids is 4. The molecule has 0 unspecified atom stereocenters. The van der Waals surface area contributed by atoms with E-state index in [1.807, 2.05) is 41.3 Å². The minimum absolute atomic E-state index is 0.0472. The summed E-state index contributed by atoms with van der Waals surface area (Å²) in [5.74, 6) is -0.908. The van der Waals surface area contributed by atoms with Gasteiger partial charge in [0, 0.05) is 32.2 Å². The highest BCUT2D eigenvalue weighted by Crippen LogP contribution is 2.29. The Morgan fingerprint density at radius 1 is 1.05 bits per heavy atom. The Balaban J connectivity index is 1.63. The van der Waals surface area contributed by atoms with Gasteiger partial charge in [-0.05, 0) is 62.1 Å². The van der Waals surface area contributed by atoms with Gasteiger partial charge in [-0.2, -0.15) is 5.10 Å². The van der Waals surface area contributed by atoms with Crippen molar-refractivity contribution in [3.63, 3.8) is 0 Å². The van der Waals surface area contributed by atoms with Crippen molar-refractivity contribution in [1.29, 1.82) is 0 Å². The zero-order valence-corrected chi connectivity index (χ0v) is 21.8. The quantitative estimate of drug-likeness (QED) is 0.112. The summed E-state index contributed by atoms with van der Waals surface area (Å²) in [6, 6.07) is 7.47. The summed E-state index contributed by atoms with van der Waals surface area (Å²) >= 11 is 0. The number of unbranched alkanes of at least 4 members (excludes halogenated alkanes) is 1. The van der Waals surface area contributed by atoms with Gasteiger partial charge >= 0.3 is 5.97 Å². The molecule has 2 aliphatic rings. The van der Waals surface area contributed by atoms with Gasteiger partial charge in [-0.1, -0.05) is 36.8 Å². The highest BCUT2D eigenvalue weighted by molar-refractivity contribution is 5.83. The predicted molar refractivity (Wildman–Crippen MR) is 141 cm³/mol. The molecule has 1 heterocycles. The molecule has 1 aliphatic carbocycles. The van der Waals surface area contributed by atoms with Crippen LogP contribution in [0.1, 0.15) is 88.2 Å². The Labute approximate surface area is 223 Å². The van der Waals surface area contributed by atoms with Gasteiger partial charge in [-0.25, -0.2) is 10.9 Å². The lowest BCUT2D eigenvalue weighted by Gasteiger charge is -2.39. The summed E-state index contributed by atoms with van der Waals surface area (Å²) < 4.78 is 5.84. The minimum atomic E-state index is -0.477. The number of nitrogens with zero attached hydrogens (tertiary/aromatic N) is 2. The van der Waals surface area contributed by atoms with Crippen LogP contribution in [0.2, 0.25) is 0 Å². The van der Waals surface area contributed by atoms with Crippen LogP contribution in [0.15, 0.2) is 41.5 Å². The van der Waals surface area contributed by atoms with Crippen LogP contribution in [-0.4, -0.2) is 52.2 Å². The Bertz CT molecular complexity index is 1020. The summed E-state index contributed by atoms with van der Waals surface area (Å²) in [5.41, 5.74) is 5.75. The third-order valence-corrected chi connectivity index (χ3v) is 6.77. The molecule has 10 nitrogen and oxygen atoms in total. The zero-order valence-electron chi connectivity index (χ0n) is 21.8. The van der Waals surface area contributed by atoms with Crippen LogP contribution in [0.3, 0.4) is 0 Å². The monoisotopic (exact) mass is 526 g/mol. The van der Waals surface area contributed by atoms with Crippen molar-refractivity contribution in [3.05, 3.63) is 47.5 Å². The third kappa shape index (κ3) is 9.74. The second-order valence-corrected chi connectivity index (χ2v) is 9.73. The number of esters is 1. The molecule has 10 heteroatoms. The number of amides is 3. The summed E-state index contributed by atoms with van der Waals surface area (Å²) in [5, 5.41) is 12.5. The van der Waals surface area contributed by atoms with Gasteiger partial charge < -0.3 is 9.64 Å². The van der Waals surface area contributed by atoms with E-state index >= 15 is 0 Å². The second-order valence-electron chi connectivity index (χ2n) is 9.73. The predicted octanol–water partition coefficient (Wildman–Crippen LogP) is 3.52. The maximum Gasteiger partial charge on any atom is 0.306 e. The van der Waals surface area contributed by atoms with Gasteiger partial charge in [-0.15, -0.1) is 0 Å². The lowest BCUT2D eigenvalue weighted by Crippen LogP contribution is -2.49. The first-order valence-electron chi connectivity index (χ1n) is 13.4. The number of hydrogen-bond donors (Lipinski definition) is 3. The summed E-state index contributed by atoms with van der Waals surface area (Å²) in [7, 11) is 0. The van der Waals surface area contributed by atoms with Crippen molar-refractivity contribution in [2.75, 3.05) is 0 Å². The van der Waals surface area contributed by atoms with Crippen LogP contribution in [0.5, 0.6) is 0 Å². The van der Waals surface area contributed by atoms with Crippen molar-refractivity contribution in [1.82, 2.24) is 15.8 Å². The Hall–Kier alpha value is -3.53. The molecule has 1 fully saturated rings. The molecule has 0 spiro atoms. The van der Waals surface area contributed by atoms with Crippen LogP contribution in [0.4, 0.5) is 0 Å². The summed E-state index contributed by atoms with van der Waals surface area (Å²) in [4.78, 5) is 50.5. The van der Waals surface area contributed by atoms with E-state index in [0.717, 1.165) is 36.8 Å². The van der Waals surface area contributed by atoms with E-state index in [9.17, 15) is 19.2 Å². The van der Waals surface area contributed by atoms with Crippen LogP contribution in [0.25, 0.3) is 0 Å². The van der Waals surface area contributed by atoms with Crippen LogP contribution in [-0.2, 0) is 30.5 Å². The zero-order chi connectivity index (χ0) is 27.2. The number of rotatable bonds is 9. The molecule has 3 rings (SSSR count). The molecule has 3 amide bonds. The number of carbonyl (C=O) groups is 4. The van der Waals surface area contributed by atoms with Crippen molar-refractivity contribution in [2.45, 2.75) is 95.7 Å². The van der Waals surface area contributed by atoms with Crippen LogP contribution < -0.4 is 10.9 Å². The van der Waals surface area contributed by atoms with E-state index in [1.54, 1.807) is 11.7 Å². The fourth-order valence-corrected chi connectivity index (χ4v) is 4.81. The summed E-state index contributed by atoms with van der Waals surface area (Å²) in [6.45, 7) is 0.400. The third-order valence-electron chi connectivity index (χ3n) is 6.77. The molecule has 1 saturated carbocycles. The maximum absolute atomic E-state index is 13.3. The molecule has 1 aliphatic heterocycles. The largest absolute Gasteiger partial charge is 0.460 e. The van der Waals surface area contributed by atoms with E-state index in [0.29, 0.717) is 45.1 Å². The molecule has 206 valence electrons. The Kier molecular flexibility index (Phi) is 12.0. The molecule has 1 aromatic rings. The van der Waals surface area contributed by atoms with E-state index < -0.39 is 5.91 Å². The van der Waals surface area contributed by atoms with Gasteiger partial charge in [0.05, 0.1) is 12.3 Å². The SMILES string of the molecule is O=C(CCCCC(=O)N/N=C/c1cccc(CN2C(=O)CC/C=C/CCC(=O)O[C@@H]3CCCC[C@H]32)c1)NO. The summed E-state index contributed by atoms with van der Waals surface area (Å²) in [6.07, 6.45) is 12.1. The average molecular weight is 527 g/mol. The second kappa shape index (κ2) is 15.7. The number of benzene rings is 1. The molecule has 38 heavy (non-hydrogen) atoms. The Morgan fingerprint density at radius 3 is 2.58 bits per heavy atom. The molecule has 0 bridgehead atoms. The number of ether oxygens (including phenoxy) is 1. The highest BCUT2D eigenvalue weighted by atomic mass is 16.5. The number of hydroxylamine groups is 1. The molecule has 3 N–H and O–H groups in total. The lowest BCUT2D eigenvalue weighted by molar-refractivity contribution is -0.159. The van der Waals surface area contributed by atoms with E-state index in [1.165, 1.54) is 0 Å². The fraction of sp³-hybridized carbons (Fsp3) is 0.536. The number of hydrazone groups is 1. The number of allylic oxidation sites excluding steroid dienone is 2. The maximum atomic E-state index is 13.3. The van der Waals surface area contributed by atoms with Gasteiger partial charge in [0.15, 0.2) is 0 Å². The molecule has 1 aromatic carbocycles. The first-order valence-corrected chi connectivity index (χ1v) is 13.4. The first kappa shape index (κ1) is 29.0. The van der Waals surface area contributed by atoms with Gasteiger partial charge in [0.25, 0.3) is 0 Å². The van der Waals surface area contributed by atoms with Crippen molar-refractivity contribution in [3.8, 4) is 0 Å². The van der Waals surface area contributed by atoms with Crippen LogP contribution >= 0.6 is 0 Å². The van der Waals surface area contributed by atoms with Gasteiger partial charge in [-0.3, -0.25) is 24.4 Å². The first-order chi connectivity index (χ1) is 18.5. The number of nitrogens with one attached hydrogen (secondary N) is 2. The van der Waals surface area contributed by atoms with Gasteiger partial charge in [0.1, 0.15) is 6.10 Å². The van der Waals surface area contributed by atoms with Crippen LogP contribution in [0, 0.1) is 0 Å². The van der Waals surface area contributed by atoms with E-state index in [-0.39, 0.29) is 42.8 Å². The van der Waals surface area contributed by atoms with E-state index in [2.05, 4.69) is 10.5 Å². The standard InChI is InChI=1S/C28H38N4O6/c33-25(14-7-8-15-26(34)31-37)30-29-19-21-10-9-11-22(18-21)20-32-23-12-5-6-13-24(23)38-28(36)17-4-2-1-3-16-27(32)35/h1-2,9-11,18-19,23-24,37H,3-8,12-17,20H2,(H,30,33)(H,31,34)/b2-1+,29-19+/t23-,24-/m1/s1. The number of hydrogen-bond acceptors (Lipinski definition) is 7. The van der Waals surface area contributed by atoms with Crippen molar-refractivity contribution >= 4 is 29.9 Å². The van der Waals surface area contributed by atoms with Crippen molar-refractivity contribution in [2.24, 2.45) is 5.10 Å². The van der Waals surface area contributed by atoms with E-state index in [4.69, 9.17) is 9.94 Å². The van der Waals surface area contributed by atoms with Gasteiger partial charge in [0.2, 0.25) is 17.7 Å². The van der Waals surface area contributed by atoms with Crippen molar-refractivity contribution < 1.29 is 29.1 Å². The molecule has 0 aromatic heterocycles. The topological polar surface area (TPSA) is 137 Å². The molecule has 0 saturated heterocycles. The minimum Gasteiger partial charge on any atom is -0.460 e. The molecular weight excluding hydrogens is 488 g/mol. The molecular formula is C28H38N4O6. The lowest BCUT2D eigenvalue weighted by atomic mass is 9.90. The molecule has 2 atom stereocenters. The normalized spacial score (nSPS) is 21.6. The smallest absolute Gasteiger partial charge is 0.306 e.